The Morgan fingerprint density at radius 2 is 1.74 bits per heavy atom. The van der Waals surface area contributed by atoms with Gasteiger partial charge < -0.3 is 15.2 Å². The lowest BCUT2D eigenvalue weighted by atomic mass is 10.1. The van der Waals surface area contributed by atoms with Crippen LogP contribution < -0.4 is 10.1 Å². The highest BCUT2D eigenvalue weighted by molar-refractivity contribution is 7.14. The Labute approximate surface area is 202 Å². The molecule has 8 heteroatoms. The number of rotatable bonds is 13. The lowest BCUT2D eigenvalue weighted by molar-refractivity contribution is -0.138. The Bertz CT molecular complexity index is 1020. The highest BCUT2D eigenvalue weighted by Crippen LogP contribution is 2.39. The normalized spacial score (nSPS) is 11.6. The quantitative estimate of drug-likeness (QED) is 0.239. The van der Waals surface area contributed by atoms with Crippen molar-refractivity contribution in [3.63, 3.8) is 0 Å². The lowest BCUT2D eigenvalue weighted by Crippen LogP contribution is -2.10. The van der Waals surface area contributed by atoms with E-state index in [1.165, 1.54) is 23.8 Å². The molecule has 0 saturated carbocycles. The van der Waals surface area contributed by atoms with Crippen LogP contribution in [-0.2, 0) is 12.6 Å². The molecule has 3 aromatic rings. The minimum absolute atomic E-state index is 0.0902. The third-order valence-corrected chi connectivity index (χ3v) is 6.20. The third kappa shape index (κ3) is 7.74. The maximum absolute atomic E-state index is 13.7. The largest absolute Gasteiger partial charge is 0.493 e. The number of hydrogen-bond donors (Lipinski definition) is 2. The van der Waals surface area contributed by atoms with Gasteiger partial charge >= 0.3 is 6.18 Å². The molecule has 0 fully saturated rings. The van der Waals surface area contributed by atoms with Crippen LogP contribution in [0, 0.1) is 0 Å². The maximum Gasteiger partial charge on any atom is 0.420 e. The number of aliphatic hydroxyl groups is 1. The Hall–Kier alpha value is -2.58. The van der Waals surface area contributed by atoms with Gasteiger partial charge in [0.05, 0.1) is 17.9 Å². The topological polar surface area (TPSA) is 54.4 Å². The molecular formula is C26H31F3N2O2S. The van der Waals surface area contributed by atoms with Crippen LogP contribution in [-0.4, -0.2) is 23.3 Å². The van der Waals surface area contributed by atoms with Crippen LogP contribution >= 0.6 is 11.3 Å². The molecular weight excluding hydrogens is 461 g/mol. The molecule has 0 atom stereocenters. The number of halogens is 3. The number of hydrogen-bond acceptors (Lipinski definition) is 5. The minimum Gasteiger partial charge on any atom is -0.493 e. The lowest BCUT2D eigenvalue weighted by Gasteiger charge is -2.15. The van der Waals surface area contributed by atoms with Gasteiger partial charge in [-0.2, -0.15) is 13.2 Å². The van der Waals surface area contributed by atoms with Crippen molar-refractivity contribution in [2.45, 2.75) is 58.0 Å². The van der Waals surface area contributed by atoms with Crippen molar-refractivity contribution in [1.82, 2.24) is 4.98 Å². The van der Waals surface area contributed by atoms with E-state index < -0.39 is 11.7 Å². The number of aromatic nitrogens is 1. The van der Waals surface area contributed by atoms with Gasteiger partial charge in [0.15, 0.2) is 5.13 Å². The standard InChI is InChI=1S/C26H31F3N2O2S/c1-2-3-4-5-6-7-16-33-24-13-12-21(17-22(24)26(27,28)29)30-25-31-23(18-34-25)20-10-8-19(9-11-20)14-15-32/h8-13,17-18,32H,2-7,14-16H2,1H3,(H,30,31). The first-order valence-electron chi connectivity index (χ1n) is 11.7. The summed E-state index contributed by atoms with van der Waals surface area (Å²) in [6.07, 6.45) is 2.34. The van der Waals surface area contributed by atoms with E-state index in [0.29, 0.717) is 17.2 Å². The van der Waals surface area contributed by atoms with Gasteiger partial charge in [-0.1, -0.05) is 63.3 Å². The second-order valence-electron chi connectivity index (χ2n) is 8.16. The molecule has 2 aromatic carbocycles. The van der Waals surface area contributed by atoms with Crippen molar-refractivity contribution < 1.29 is 23.0 Å². The van der Waals surface area contributed by atoms with E-state index in [2.05, 4.69) is 17.2 Å². The molecule has 0 bridgehead atoms. The number of thiazole rings is 1. The van der Waals surface area contributed by atoms with Crippen LogP contribution in [0.4, 0.5) is 24.0 Å². The summed E-state index contributed by atoms with van der Waals surface area (Å²) in [7, 11) is 0. The van der Waals surface area contributed by atoms with Crippen molar-refractivity contribution >= 4 is 22.2 Å². The van der Waals surface area contributed by atoms with E-state index in [9.17, 15) is 13.2 Å². The Morgan fingerprint density at radius 1 is 1.00 bits per heavy atom. The summed E-state index contributed by atoms with van der Waals surface area (Å²) in [6.45, 7) is 2.51. The van der Waals surface area contributed by atoms with Crippen LogP contribution in [0.3, 0.4) is 0 Å². The smallest absolute Gasteiger partial charge is 0.420 e. The van der Waals surface area contributed by atoms with Gasteiger partial charge in [0.25, 0.3) is 0 Å². The molecule has 1 aromatic heterocycles. The van der Waals surface area contributed by atoms with Gasteiger partial charge in [0, 0.05) is 23.2 Å². The average molecular weight is 493 g/mol. The zero-order valence-corrected chi connectivity index (χ0v) is 20.1. The number of nitrogens with one attached hydrogen (secondary N) is 1. The average Bonchev–Trinajstić information content (AvgIpc) is 3.27. The van der Waals surface area contributed by atoms with Crippen molar-refractivity contribution in [3.05, 3.63) is 59.0 Å². The van der Waals surface area contributed by atoms with Crippen molar-refractivity contribution in [3.8, 4) is 17.0 Å². The van der Waals surface area contributed by atoms with Crippen molar-refractivity contribution in [2.75, 3.05) is 18.5 Å². The second-order valence-corrected chi connectivity index (χ2v) is 9.02. The molecule has 1 heterocycles. The molecule has 0 saturated heterocycles. The SMILES string of the molecule is CCCCCCCCOc1ccc(Nc2nc(-c3ccc(CCO)cc3)cs2)cc1C(F)(F)F. The molecule has 2 N–H and O–H groups in total. The number of nitrogens with zero attached hydrogens (tertiary/aromatic N) is 1. The fourth-order valence-corrected chi connectivity index (χ4v) is 4.32. The minimum atomic E-state index is -4.52. The second kappa shape index (κ2) is 12.8. The zero-order valence-electron chi connectivity index (χ0n) is 19.3. The van der Waals surface area contributed by atoms with Crippen LogP contribution in [0.25, 0.3) is 11.3 Å². The molecule has 0 radical (unpaired) electrons. The van der Waals surface area contributed by atoms with E-state index in [-0.39, 0.29) is 19.0 Å². The maximum atomic E-state index is 13.7. The van der Waals surface area contributed by atoms with Crippen molar-refractivity contribution in [2.24, 2.45) is 0 Å². The Balaban J connectivity index is 1.63. The highest BCUT2D eigenvalue weighted by Gasteiger charge is 2.34. The van der Waals surface area contributed by atoms with E-state index in [1.807, 2.05) is 29.6 Å². The van der Waals surface area contributed by atoms with Gasteiger partial charge in [-0.25, -0.2) is 4.98 Å². The molecule has 0 aliphatic carbocycles. The molecule has 184 valence electrons. The number of benzene rings is 2. The third-order valence-electron chi connectivity index (χ3n) is 5.45. The number of anilines is 2. The van der Waals surface area contributed by atoms with Gasteiger partial charge in [0.1, 0.15) is 5.75 Å². The molecule has 34 heavy (non-hydrogen) atoms. The summed E-state index contributed by atoms with van der Waals surface area (Å²) in [6, 6.07) is 11.7. The summed E-state index contributed by atoms with van der Waals surface area (Å²) in [4.78, 5) is 4.50. The highest BCUT2D eigenvalue weighted by atomic mass is 32.1. The van der Waals surface area contributed by atoms with Gasteiger partial charge in [-0.3, -0.25) is 0 Å². The summed E-state index contributed by atoms with van der Waals surface area (Å²) in [5.41, 5.74) is 2.18. The number of ether oxygens (including phenoxy) is 1. The molecule has 3 rings (SSSR count). The summed E-state index contributed by atoms with van der Waals surface area (Å²) in [5, 5.41) is 14.4. The number of alkyl halides is 3. The predicted molar refractivity (Wildman–Crippen MR) is 132 cm³/mol. The fourth-order valence-electron chi connectivity index (χ4n) is 3.58. The molecule has 0 amide bonds. The van der Waals surface area contributed by atoms with Crippen LogP contribution in [0.1, 0.15) is 56.6 Å². The van der Waals surface area contributed by atoms with Crippen LogP contribution in [0.15, 0.2) is 47.8 Å². The van der Waals surface area contributed by atoms with Crippen molar-refractivity contribution in [1.29, 1.82) is 0 Å². The number of unbranched alkanes of at least 4 members (excludes halogenated alkanes) is 5. The first-order chi connectivity index (χ1) is 16.4. The molecule has 0 aliphatic rings. The van der Waals surface area contributed by atoms with Crippen LogP contribution in [0.2, 0.25) is 0 Å². The Morgan fingerprint density at radius 3 is 2.44 bits per heavy atom. The van der Waals surface area contributed by atoms with E-state index in [1.54, 1.807) is 6.07 Å². The predicted octanol–water partition coefficient (Wildman–Crippen LogP) is 7.85. The summed E-state index contributed by atoms with van der Waals surface area (Å²) >= 11 is 1.32. The first kappa shape index (κ1) is 26.0. The van der Waals surface area contributed by atoms with Gasteiger partial charge in [-0.05, 0) is 36.6 Å². The number of aliphatic hydroxyl groups excluding tert-OH is 1. The van der Waals surface area contributed by atoms with E-state index in [0.717, 1.165) is 55.0 Å². The van der Waals surface area contributed by atoms with Gasteiger partial charge in [0.2, 0.25) is 0 Å². The fraction of sp³-hybridized carbons (Fsp3) is 0.423. The first-order valence-corrected chi connectivity index (χ1v) is 12.6. The molecule has 0 unspecified atom stereocenters. The molecule has 0 spiro atoms. The summed E-state index contributed by atoms with van der Waals surface area (Å²) < 4.78 is 46.5. The summed E-state index contributed by atoms with van der Waals surface area (Å²) in [5.74, 6) is -0.144. The molecule has 0 aliphatic heterocycles. The van der Waals surface area contributed by atoms with E-state index in [4.69, 9.17) is 9.84 Å². The molecule has 4 nitrogen and oxygen atoms in total. The van der Waals surface area contributed by atoms with E-state index >= 15 is 0 Å². The zero-order chi connectivity index (χ0) is 24.4. The monoisotopic (exact) mass is 492 g/mol. The Kier molecular flexibility index (Phi) is 9.77. The van der Waals surface area contributed by atoms with Crippen LogP contribution in [0.5, 0.6) is 5.75 Å². The van der Waals surface area contributed by atoms with Gasteiger partial charge in [-0.15, -0.1) is 11.3 Å².